The number of hydrogen-bond acceptors (Lipinski definition) is 4. The van der Waals surface area contributed by atoms with Crippen LogP contribution in [0.25, 0.3) is 0 Å². The Labute approximate surface area is 61.9 Å². The lowest BCUT2D eigenvalue weighted by Gasteiger charge is -1.81. The van der Waals surface area contributed by atoms with Gasteiger partial charge in [-0.25, -0.2) is 4.98 Å². The number of aromatic hydroxyl groups is 1. The van der Waals surface area contributed by atoms with Gasteiger partial charge >= 0.3 is 0 Å². The maximum Gasteiger partial charge on any atom is 0.291 e. The molecule has 6 heteroatoms. The van der Waals surface area contributed by atoms with Gasteiger partial charge < -0.3 is 10.3 Å². The second-order valence-electron chi connectivity index (χ2n) is 1.43. The van der Waals surface area contributed by atoms with Crippen molar-refractivity contribution in [1.29, 1.82) is 0 Å². The lowest BCUT2D eigenvalue weighted by molar-refractivity contribution is -0.742. The van der Waals surface area contributed by atoms with Crippen molar-refractivity contribution in [3.05, 3.63) is 34.5 Å². The minimum absolute atomic E-state index is 0.0718. The van der Waals surface area contributed by atoms with Crippen LogP contribution >= 0.6 is 0 Å². The minimum Gasteiger partial charge on any atom is -0.493 e. The van der Waals surface area contributed by atoms with E-state index in [-0.39, 0.29) is 5.88 Å². The third-order valence-corrected chi connectivity index (χ3v) is 0.649. The van der Waals surface area contributed by atoms with E-state index < -0.39 is 5.09 Å². The van der Waals surface area contributed by atoms with Crippen molar-refractivity contribution in [1.82, 2.24) is 4.98 Å². The summed E-state index contributed by atoms with van der Waals surface area (Å²) >= 11 is 0. The lowest BCUT2D eigenvalue weighted by atomic mass is 10.5. The molecule has 0 radical (unpaired) electrons. The summed E-state index contributed by atoms with van der Waals surface area (Å²) in [6, 6.07) is 5.00. The highest BCUT2D eigenvalue weighted by Crippen LogP contribution is 1.96. The average Bonchev–Trinajstić information content (AvgIpc) is 1.87. The van der Waals surface area contributed by atoms with E-state index in [0.29, 0.717) is 0 Å². The summed E-state index contributed by atoms with van der Waals surface area (Å²) in [6.07, 6.45) is 1.54. The van der Waals surface area contributed by atoms with E-state index >= 15 is 0 Å². The fourth-order valence-corrected chi connectivity index (χ4v) is 0.354. The molecule has 0 bridgehead atoms. The van der Waals surface area contributed by atoms with Crippen molar-refractivity contribution in [2.24, 2.45) is 0 Å². The minimum atomic E-state index is -1.50. The molecule has 0 amide bonds. The summed E-state index contributed by atoms with van der Waals surface area (Å²) in [5.74, 6) is 0.0718. The van der Waals surface area contributed by atoms with Gasteiger partial charge in [0.25, 0.3) is 5.09 Å². The van der Waals surface area contributed by atoms with Crippen LogP contribution in [-0.4, -0.2) is 20.4 Å². The van der Waals surface area contributed by atoms with Gasteiger partial charge in [-0.15, -0.1) is 10.1 Å². The van der Waals surface area contributed by atoms with Gasteiger partial charge in [0.2, 0.25) is 5.88 Å². The highest BCUT2D eigenvalue weighted by molar-refractivity contribution is 5.06. The van der Waals surface area contributed by atoms with Crippen LogP contribution in [0.1, 0.15) is 0 Å². The quantitative estimate of drug-likeness (QED) is 0.421. The van der Waals surface area contributed by atoms with E-state index in [1.54, 1.807) is 12.1 Å². The fraction of sp³-hybridized carbons (Fsp3) is 0. The maximum absolute atomic E-state index is 8.52. The van der Waals surface area contributed by atoms with E-state index in [9.17, 15) is 0 Å². The largest absolute Gasteiger partial charge is 0.493 e. The molecule has 0 fully saturated rings. The Morgan fingerprint density at radius 2 is 2.09 bits per heavy atom. The van der Waals surface area contributed by atoms with Gasteiger partial charge in [0, 0.05) is 12.3 Å². The molecule has 0 unspecified atom stereocenters. The van der Waals surface area contributed by atoms with Crippen LogP contribution in [0.4, 0.5) is 0 Å². The standard InChI is InChI=1S/C5H5NO.HNO3/c7-5-3-1-2-4-6-5;2-1(3)4/h1-4H,(H,6,7);(H,2,3,4). The predicted molar refractivity (Wildman–Crippen MR) is 34.7 cm³/mol. The molecule has 2 N–H and O–H groups in total. The summed E-state index contributed by atoms with van der Waals surface area (Å²) in [7, 11) is 0. The van der Waals surface area contributed by atoms with Crippen molar-refractivity contribution < 1.29 is 15.4 Å². The summed E-state index contributed by atoms with van der Waals surface area (Å²) in [5.41, 5.74) is 0. The van der Waals surface area contributed by atoms with Gasteiger partial charge in [-0.05, 0) is 6.07 Å². The van der Waals surface area contributed by atoms with Crippen LogP contribution in [0.5, 0.6) is 5.88 Å². The van der Waals surface area contributed by atoms with Crippen LogP contribution in [0, 0.1) is 10.1 Å². The van der Waals surface area contributed by atoms with E-state index in [1.165, 1.54) is 12.3 Å². The molecule has 0 saturated heterocycles. The molecule has 0 spiro atoms. The first kappa shape index (κ1) is 9.15. The zero-order valence-electron chi connectivity index (χ0n) is 5.41. The van der Waals surface area contributed by atoms with E-state index in [2.05, 4.69) is 4.98 Å². The van der Waals surface area contributed by atoms with Gasteiger partial charge in [-0.2, -0.15) is 0 Å². The Morgan fingerprint density at radius 3 is 2.27 bits per heavy atom. The van der Waals surface area contributed by atoms with Gasteiger partial charge in [-0.3, -0.25) is 0 Å². The Bertz CT molecular complexity index is 209. The monoisotopic (exact) mass is 158 g/mol. The molecule has 6 nitrogen and oxygen atoms in total. The topological polar surface area (TPSA) is 96.5 Å². The molecule has 0 aromatic carbocycles. The van der Waals surface area contributed by atoms with E-state index in [4.69, 9.17) is 20.4 Å². The number of nitrogens with zero attached hydrogens (tertiary/aromatic N) is 2. The van der Waals surface area contributed by atoms with Crippen LogP contribution in [-0.2, 0) is 0 Å². The molecule has 1 heterocycles. The number of hydrogen-bond donors (Lipinski definition) is 2. The zero-order valence-corrected chi connectivity index (χ0v) is 5.41. The normalized spacial score (nSPS) is 7.64. The Balaban J connectivity index is 0.000000218. The van der Waals surface area contributed by atoms with Crippen LogP contribution < -0.4 is 0 Å². The molecule has 0 aliphatic heterocycles. The smallest absolute Gasteiger partial charge is 0.291 e. The second-order valence-corrected chi connectivity index (χ2v) is 1.43. The lowest BCUT2D eigenvalue weighted by Crippen LogP contribution is -1.81. The zero-order chi connectivity index (χ0) is 8.69. The summed E-state index contributed by atoms with van der Waals surface area (Å²) in [4.78, 5) is 11.9. The van der Waals surface area contributed by atoms with Crippen molar-refractivity contribution in [2.45, 2.75) is 0 Å². The molecule has 0 saturated carbocycles. The molecule has 0 aliphatic carbocycles. The third kappa shape index (κ3) is 8.15. The van der Waals surface area contributed by atoms with Gasteiger partial charge in [0.1, 0.15) is 0 Å². The summed E-state index contributed by atoms with van der Waals surface area (Å²) in [6.45, 7) is 0. The van der Waals surface area contributed by atoms with E-state index in [1.807, 2.05) is 0 Å². The summed E-state index contributed by atoms with van der Waals surface area (Å²) in [5, 5.41) is 22.2. The first-order chi connectivity index (χ1) is 5.13. The van der Waals surface area contributed by atoms with Crippen LogP contribution in [0.2, 0.25) is 0 Å². The Hall–Kier alpha value is -1.85. The molecule has 60 valence electrons. The average molecular weight is 158 g/mol. The Kier molecular flexibility index (Phi) is 4.14. The first-order valence-electron chi connectivity index (χ1n) is 2.56. The Morgan fingerprint density at radius 1 is 1.55 bits per heavy atom. The third-order valence-electron chi connectivity index (χ3n) is 0.649. The number of rotatable bonds is 0. The van der Waals surface area contributed by atoms with Crippen molar-refractivity contribution in [3.8, 4) is 5.88 Å². The molecule has 0 aliphatic rings. The van der Waals surface area contributed by atoms with E-state index in [0.717, 1.165) is 0 Å². The summed E-state index contributed by atoms with van der Waals surface area (Å²) < 4.78 is 0. The van der Waals surface area contributed by atoms with Gasteiger partial charge in [-0.1, -0.05) is 6.07 Å². The SMILES string of the molecule is O=[N+]([O-])O.Oc1ccccn1. The van der Waals surface area contributed by atoms with Gasteiger partial charge in [0.05, 0.1) is 0 Å². The molecular formula is C5H6N2O4. The second kappa shape index (κ2) is 4.98. The number of aromatic nitrogens is 1. The van der Waals surface area contributed by atoms with Crippen LogP contribution in [0.15, 0.2) is 24.4 Å². The van der Waals surface area contributed by atoms with Crippen molar-refractivity contribution >= 4 is 0 Å². The highest BCUT2D eigenvalue weighted by atomic mass is 16.9. The molecular weight excluding hydrogens is 152 g/mol. The number of pyridine rings is 1. The molecule has 0 atom stereocenters. The molecule has 1 aromatic heterocycles. The fourth-order valence-electron chi connectivity index (χ4n) is 0.354. The predicted octanol–water partition coefficient (Wildman–Crippen LogP) is 0.439. The maximum atomic E-state index is 8.52. The highest BCUT2D eigenvalue weighted by Gasteiger charge is 1.76. The molecule has 11 heavy (non-hydrogen) atoms. The van der Waals surface area contributed by atoms with Crippen molar-refractivity contribution in [3.63, 3.8) is 0 Å². The molecule has 1 aromatic rings. The van der Waals surface area contributed by atoms with Crippen LogP contribution in [0.3, 0.4) is 0 Å². The van der Waals surface area contributed by atoms with Crippen molar-refractivity contribution in [2.75, 3.05) is 0 Å². The van der Waals surface area contributed by atoms with Gasteiger partial charge in [0.15, 0.2) is 0 Å². The molecule has 1 rings (SSSR count). The first-order valence-corrected chi connectivity index (χ1v) is 2.56.